The Bertz CT molecular complexity index is 4140. The maximum atomic E-state index is 12.9. The van der Waals surface area contributed by atoms with Gasteiger partial charge in [0.1, 0.15) is 8.07 Å². The molecule has 444 valence electrons. The summed E-state index contributed by atoms with van der Waals surface area (Å²) in [5.74, 6) is -0.128. The van der Waals surface area contributed by atoms with Gasteiger partial charge in [0, 0.05) is 70.0 Å². The number of rotatable bonds is 23. The number of amides is 1. The average Bonchev–Trinajstić information content (AvgIpc) is 1.15. The van der Waals surface area contributed by atoms with Gasteiger partial charge in [0.05, 0.1) is 5.36 Å². The Morgan fingerprint density at radius 3 is 1.91 bits per heavy atom. The van der Waals surface area contributed by atoms with Crippen molar-refractivity contribution in [3.05, 3.63) is 218 Å². The van der Waals surface area contributed by atoms with E-state index in [9.17, 15) is 29.7 Å². The largest absolute Gasteiger partial charge is 0.488 e. The van der Waals surface area contributed by atoms with Crippen LogP contribution in [-0.2, 0) is 48.6 Å². The molecule has 0 saturated heterocycles. The first-order chi connectivity index (χ1) is 41.9. The molecule has 87 heavy (non-hydrogen) atoms. The molecule has 3 heterocycles. The fourth-order valence-corrected chi connectivity index (χ4v) is 16.7. The minimum absolute atomic E-state index is 0.0587. The molecule has 0 unspecified atom stereocenters. The average molecular weight is 1170 g/mol. The number of fused-ring (bicyclic) bond motifs is 6. The van der Waals surface area contributed by atoms with Gasteiger partial charge < -0.3 is 30.7 Å². The van der Waals surface area contributed by atoms with Crippen molar-refractivity contribution in [1.82, 2.24) is 15.1 Å². The molecule has 11 rings (SSSR count). The smallest absolute Gasteiger partial charge is 0.423 e. The lowest BCUT2D eigenvalue weighted by molar-refractivity contribution is -0.117. The van der Waals surface area contributed by atoms with Crippen LogP contribution >= 0.6 is 0 Å². The number of carbonyl (C=O) groups excluding carboxylic acids is 2. The zero-order valence-corrected chi connectivity index (χ0v) is 52.2. The molecular weight excluding hydrogens is 1090 g/mol. The molecule has 8 aromatic carbocycles. The molecule has 0 aromatic heterocycles. The van der Waals surface area contributed by atoms with Gasteiger partial charge in [-0.25, -0.2) is 0 Å². The van der Waals surface area contributed by atoms with Crippen LogP contribution in [0.2, 0.25) is 13.1 Å². The van der Waals surface area contributed by atoms with E-state index in [1.165, 1.54) is 54.7 Å². The van der Waals surface area contributed by atoms with E-state index in [-0.39, 0.29) is 11.7 Å². The van der Waals surface area contributed by atoms with Crippen LogP contribution in [0.5, 0.6) is 0 Å². The molecule has 0 radical (unpaired) electrons. The van der Waals surface area contributed by atoms with Crippen LogP contribution in [0.15, 0.2) is 163 Å². The van der Waals surface area contributed by atoms with Crippen LogP contribution in [0.25, 0.3) is 38.2 Å². The van der Waals surface area contributed by atoms with E-state index < -0.39 is 22.3 Å². The number of hydrogen-bond donors (Lipinski definition) is 6. The van der Waals surface area contributed by atoms with Crippen LogP contribution in [-0.4, -0.2) is 96.6 Å². The van der Waals surface area contributed by atoms with Gasteiger partial charge in [-0.3, -0.25) is 24.4 Å². The first-order valence-electron chi connectivity index (χ1n) is 31.1. The molecular formula is C73H81B2N5O6Si. The molecule has 0 atom stereocenters. The summed E-state index contributed by atoms with van der Waals surface area (Å²) in [6.45, 7) is 23.9. The third kappa shape index (κ3) is 13.1. The van der Waals surface area contributed by atoms with Crippen LogP contribution in [0.4, 0.5) is 5.69 Å². The van der Waals surface area contributed by atoms with E-state index in [4.69, 9.17) is 4.99 Å². The number of carbonyl (C=O) groups is 2. The maximum absolute atomic E-state index is 12.9. The third-order valence-electron chi connectivity index (χ3n) is 18.4. The van der Waals surface area contributed by atoms with Crippen molar-refractivity contribution in [3.8, 4) is 11.1 Å². The molecule has 0 fully saturated rings. The first kappa shape index (κ1) is 61.1. The van der Waals surface area contributed by atoms with E-state index in [0.717, 1.165) is 105 Å². The number of nitrogens with zero attached hydrogens (tertiary/aromatic N) is 3. The van der Waals surface area contributed by atoms with Gasteiger partial charge in [0.25, 0.3) is 0 Å². The second-order valence-electron chi connectivity index (χ2n) is 25.0. The van der Waals surface area contributed by atoms with Gasteiger partial charge in [-0.2, -0.15) is 0 Å². The van der Waals surface area contributed by atoms with Crippen molar-refractivity contribution in [3.63, 3.8) is 0 Å². The number of allylic oxidation sites excluding steroid dienone is 1. The summed E-state index contributed by atoms with van der Waals surface area (Å²) in [6.07, 6.45) is 6.68. The van der Waals surface area contributed by atoms with Crippen molar-refractivity contribution in [1.29, 1.82) is 0 Å². The summed E-state index contributed by atoms with van der Waals surface area (Å²) in [6, 6.07) is 47.5. The van der Waals surface area contributed by atoms with Gasteiger partial charge in [0.2, 0.25) is 5.91 Å². The van der Waals surface area contributed by atoms with Crippen LogP contribution in [0.3, 0.4) is 0 Å². The molecule has 3 aliphatic heterocycles. The van der Waals surface area contributed by atoms with Gasteiger partial charge >= 0.3 is 14.2 Å². The van der Waals surface area contributed by atoms with Crippen molar-refractivity contribution in [2.45, 2.75) is 111 Å². The van der Waals surface area contributed by atoms with Gasteiger partial charge in [-0.15, -0.1) is 0 Å². The number of benzene rings is 8. The Morgan fingerprint density at radius 1 is 0.632 bits per heavy atom. The number of anilines is 1. The van der Waals surface area contributed by atoms with E-state index in [1.54, 1.807) is 26.0 Å². The number of ketones is 1. The molecule has 11 nitrogen and oxygen atoms in total. The van der Waals surface area contributed by atoms with Crippen LogP contribution in [0.1, 0.15) is 102 Å². The highest BCUT2D eigenvalue weighted by Gasteiger charge is 2.37. The van der Waals surface area contributed by atoms with Crippen molar-refractivity contribution >= 4 is 88.1 Å². The number of nitrogens with one attached hydrogen (secondary N) is 2. The lowest BCUT2D eigenvalue weighted by Crippen LogP contribution is -2.63. The predicted molar refractivity (Wildman–Crippen MR) is 361 cm³/mol. The summed E-state index contributed by atoms with van der Waals surface area (Å²) < 4.78 is 0. The SMILES string of the molecule is C=C(C)C(=O)CCCCN(Cc1ccccc1B(O)O)Cc1c2ccccc2c(CN(CCCNC(=O)C(=C)C)Cc2ccccc2B(O)O)c2ccc(-c3ccc(C)c(C4=c5cc6c(cc5[Si](C)(C)c5cc7c(cc54)CCCN7)=NCCC6)c3)cc12. The Hall–Kier alpha value is -7.52. The topological polar surface area (TPSA) is 158 Å². The molecule has 0 bridgehead atoms. The summed E-state index contributed by atoms with van der Waals surface area (Å²) in [4.78, 5) is 35.4. The second kappa shape index (κ2) is 26.4. The van der Waals surface area contributed by atoms with E-state index in [2.05, 4.69) is 139 Å². The highest BCUT2D eigenvalue weighted by atomic mass is 28.3. The predicted octanol–water partition coefficient (Wildman–Crippen LogP) is 8.04. The highest BCUT2D eigenvalue weighted by molar-refractivity contribution is 7.01. The zero-order chi connectivity index (χ0) is 61.1. The quantitative estimate of drug-likeness (QED) is 0.0162. The normalized spacial score (nSPS) is 14.0. The van der Waals surface area contributed by atoms with E-state index in [0.29, 0.717) is 87.1 Å². The molecule has 0 aliphatic carbocycles. The summed E-state index contributed by atoms with van der Waals surface area (Å²) >= 11 is 0. The van der Waals surface area contributed by atoms with Crippen LogP contribution in [0, 0.1) is 6.92 Å². The molecule has 1 amide bonds. The minimum Gasteiger partial charge on any atom is -0.423 e. The van der Waals surface area contributed by atoms with Crippen molar-refractivity contribution in [2.75, 3.05) is 38.0 Å². The van der Waals surface area contributed by atoms with E-state index in [1.807, 2.05) is 36.4 Å². The van der Waals surface area contributed by atoms with Crippen molar-refractivity contribution < 1.29 is 29.7 Å². The second-order valence-corrected chi connectivity index (χ2v) is 29.3. The molecule has 8 aromatic rings. The lowest BCUT2D eigenvalue weighted by atomic mass is 9.77. The maximum Gasteiger partial charge on any atom is 0.488 e. The standard InChI is InChI=1S/C73H81B2N5O6Si/c1-47(2)69(81)27-14-15-35-79(43-54-19-8-12-25-65(54)74(83)84)46-64-57-24-11-10-23-56(57)63(45-80(36-18-34-78-73(82)48(3)4)44-55-20-9-13-26-66(55)75(85)86)58-31-30-51(38-60(58)64)50-29-28-49(5)59(37-50)72-61-39-52-21-16-32-76-67(52)41-70(61)87(6,7)71-42-68-53(40-62(71)72)22-17-33-77-68/h8-13,19-20,23-26,28-31,37-42,76,83-86H,1,3,14-18,21-22,27,32-36,43-46H2,2,4-7H3,(H,78,82). The minimum atomic E-state index is -2.23. The third-order valence-corrected chi connectivity index (χ3v) is 21.9. The van der Waals surface area contributed by atoms with Crippen LogP contribution < -0.4 is 42.5 Å². The molecule has 14 heteroatoms. The van der Waals surface area contributed by atoms with Crippen molar-refractivity contribution in [2.24, 2.45) is 4.99 Å². The summed E-state index contributed by atoms with van der Waals surface area (Å²) in [7, 11) is -5.53. The molecule has 0 spiro atoms. The summed E-state index contributed by atoms with van der Waals surface area (Å²) in [5, 5.41) is 59.1. The molecule has 3 aliphatic rings. The monoisotopic (exact) mass is 1170 g/mol. The van der Waals surface area contributed by atoms with Gasteiger partial charge in [-0.05, 0) is 229 Å². The highest BCUT2D eigenvalue weighted by Crippen LogP contribution is 2.40. The zero-order valence-electron chi connectivity index (χ0n) is 51.2. The fourth-order valence-electron chi connectivity index (χ4n) is 13.7. The fraction of sp³-hybridized carbons (Fsp3) is 0.301. The summed E-state index contributed by atoms with van der Waals surface area (Å²) in [5.41, 5.74) is 17.0. The Morgan fingerprint density at radius 2 is 1.24 bits per heavy atom. The molecule has 0 saturated carbocycles. The Labute approximate surface area is 514 Å². The number of hydrogen-bond acceptors (Lipinski definition) is 10. The Balaban J connectivity index is 1.10. The van der Waals surface area contributed by atoms with Gasteiger partial charge in [0.15, 0.2) is 5.78 Å². The number of unbranched alkanes of at least 4 members (excludes halogenated alkanes) is 1. The molecule has 6 N–H and O–H groups in total. The Kier molecular flexibility index (Phi) is 18.6. The number of aryl methyl sites for hydroxylation is 3. The first-order valence-corrected chi connectivity index (χ1v) is 34.1. The number of Topliss-reactive ketones (excluding diaryl/α,β-unsaturated/α-hetero) is 1. The lowest BCUT2D eigenvalue weighted by Gasteiger charge is -2.35. The van der Waals surface area contributed by atoms with E-state index >= 15 is 0 Å². The van der Waals surface area contributed by atoms with Gasteiger partial charge in [-0.1, -0.05) is 123 Å².